The molecular weight excluding hydrogens is 539 g/mol. The van der Waals surface area contributed by atoms with Gasteiger partial charge in [-0.3, -0.25) is 19.1 Å². The summed E-state index contributed by atoms with van der Waals surface area (Å²) >= 11 is 2.91. The van der Waals surface area contributed by atoms with Gasteiger partial charge in [-0.05, 0) is 48.7 Å². The van der Waals surface area contributed by atoms with Crippen LogP contribution in [0.25, 0.3) is 15.9 Å². The van der Waals surface area contributed by atoms with E-state index in [4.69, 9.17) is 9.72 Å². The maximum atomic E-state index is 14.2. The quantitative estimate of drug-likeness (QED) is 0.117. The van der Waals surface area contributed by atoms with Crippen LogP contribution < -0.4 is 10.3 Å². The van der Waals surface area contributed by atoms with Crippen LogP contribution in [0.15, 0.2) is 94.9 Å². The Hall–Kier alpha value is -3.72. The first kappa shape index (κ1) is 26.5. The van der Waals surface area contributed by atoms with Crippen molar-refractivity contribution >= 4 is 39.1 Å². The molecule has 3 aromatic carbocycles. The van der Waals surface area contributed by atoms with E-state index in [1.807, 2.05) is 67.6 Å². The molecular formula is C32H29N3O3S2. The SMILES string of the molecule is CCOc1ccc(-n2c(SCC(=O)c3ccccc3)nc3sc4c(c3c2=O)CCN(Cc2ccccc2)C4)cc1. The molecule has 0 spiro atoms. The van der Waals surface area contributed by atoms with Gasteiger partial charge in [-0.1, -0.05) is 72.4 Å². The van der Waals surface area contributed by atoms with Gasteiger partial charge in [0.2, 0.25) is 0 Å². The molecule has 0 radical (unpaired) electrons. The molecule has 3 heterocycles. The van der Waals surface area contributed by atoms with Crippen molar-refractivity contribution in [3.05, 3.63) is 117 Å². The Kier molecular flexibility index (Phi) is 7.82. The lowest BCUT2D eigenvalue weighted by Crippen LogP contribution is -2.30. The fourth-order valence-electron chi connectivity index (χ4n) is 5.07. The van der Waals surface area contributed by atoms with Crippen LogP contribution in [0.4, 0.5) is 0 Å². The second kappa shape index (κ2) is 11.8. The van der Waals surface area contributed by atoms with Crippen LogP contribution in [0, 0.1) is 0 Å². The van der Waals surface area contributed by atoms with Crippen LogP contribution in [0.3, 0.4) is 0 Å². The van der Waals surface area contributed by atoms with E-state index >= 15 is 0 Å². The fraction of sp³-hybridized carbons (Fsp3) is 0.219. The predicted octanol–water partition coefficient (Wildman–Crippen LogP) is 6.38. The van der Waals surface area contributed by atoms with Gasteiger partial charge in [-0.2, -0.15) is 0 Å². The van der Waals surface area contributed by atoms with Gasteiger partial charge in [0.15, 0.2) is 10.9 Å². The average Bonchev–Trinajstić information content (AvgIpc) is 3.35. The number of nitrogens with zero attached hydrogens (tertiary/aromatic N) is 3. The van der Waals surface area contributed by atoms with Crippen molar-refractivity contribution in [2.45, 2.75) is 31.6 Å². The van der Waals surface area contributed by atoms with E-state index in [-0.39, 0.29) is 17.1 Å². The summed E-state index contributed by atoms with van der Waals surface area (Å²) in [5.41, 5.74) is 3.66. The van der Waals surface area contributed by atoms with Crippen molar-refractivity contribution in [1.29, 1.82) is 0 Å². The first-order valence-corrected chi connectivity index (χ1v) is 15.2. The van der Waals surface area contributed by atoms with E-state index in [1.54, 1.807) is 15.9 Å². The Morgan fingerprint density at radius 2 is 1.73 bits per heavy atom. The zero-order valence-electron chi connectivity index (χ0n) is 22.2. The predicted molar refractivity (Wildman–Crippen MR) is 162 cm³/mol. The van der Waals surface area contributed by atoms with Crippen molar-refractivity contribution < 1.29 is 9.53 Å². The molecule has 2 aromatic heterocycles. The van der Waals surface area contributed by atoms with E-state index in [0.29, 0.717) is 28.4 Å². The molecule has 202 valence electrons. The summed E-state index contributed by atoms with van der Waals surface area (Å²) in [6.45, 7) is 5.06. The molecule has 0 saturated heterocycles. The standard InChI is InChI=1S/C32H29N3O3S2/c1-2-38-25-15-13-24(14-16-25)35-31(37)29-26-17-18-34(19-22-9-5-3-6-10-22)20-28(26)40-30(29)33-32(35)39-21-27(36)23-11-7-4-8-12-23/h3-16H,2,17-21H2,1H3. The second-order valence-corrected chi connectivity index (χ2v) is 11.7. The van der Waals surface area contributed by atoms with Gasteiger partial charge >= 0.3 is 0 Å². The molecule has 0 saturated carbocycles. The highest BCUT2D eigenvalue weighted by molar-refractivity contribution is 7.99. The van der Waals surface area contributed by atoms with Crippen molar-refractivity contribution in [3.8, 4) is 11.4 Å². The van der Waals surface area contributed by atoms with E-state index in [1.165, 1.54) is 22.2 Å². The third-order valence-corrected chi connectivity index (χ3v) is 9.06. The third-order valence-electron chi connectivity index (χ3n) is 7.01. The highest BCUT2D eigenvalue weighted by Crippen LogP contribution is 2.35. The van der Waals surface area contributed by atoms with Crippen molar-refractivity contribution in [2.24, 2.45) is 0 Å². The molecule has 0 amide bonds. The molecule has 1 aliphatic rings. The number of Topliss-reactive ketones (excluding diaryl/α,β-unsaturated/α-hetero) is 1. The third kappa shape index (κ3) is 5.47. The lowest BCUT2D eigenvalue weighted by atomic mass is 10.0. The van der Waals surface area contributed by atoms with Crippen LogP contribution in [0.2, 0.25) is 0 Å². The van der Waals surface area contributed by atoms with Crippen LogP contribution in [0.1, 0.15) is 33.3 Å². The Morgan fingerprint density at radius 1 is 1.00 bits per heavy atom. The molecule has 5 aromatic rings. The molecule has 6 rings (SSSR count). The van der Waals surface area contributed by atoms with Gasteiger partial charge < -0.3 is 4.74 Å². The molecule has 1 aliphatic heterocycles. The Balaban J connectivity index is 1.37. The summed E-state index contributed by atoms with van der Waals surface area (Å²) in [5, 5.41) is 1.22. The first-order chi connectivity index (χ1) is 19.6. The molecule has 0 fully saturated rings. The summed E-state index contributed by atoms with van der Waals surface area (Å²) in [6, 6.07) is 27.2. The topological polar surface area (TPSA) is 64.4 Å². The Morgan fingerprint density at radius 3 is 2.45 bits per heavy atom. The highest BCUT2D eigenvalue weighted by Gasteiger charge is 2.26. The van der Waals surface area contributed by atoms with E-state index < -0.39 is 0 Å². The van der Waals surface area contributed by atoms with Crippen LogP contribution in [0.5, 0.6) is 5.75 Å². The van der Waals surface area contributed by atoms with Crippen LogP contribution in [-0.2, 0) is 19.5 Å². The van der Waals surface area contributed by atoms with Gasteiger partial charge in [0.25, 0.3) is 5.56 Å². The Bertz CT molecular complexity index is 1700. The zero-order valence-corrected chi connectivity index (χ0v) is 23.8. The smallest absolute Gasteiger partial charge is 0.267 e. The molecule has 0 atom stereocenters. The van der Waals surface area contributed by atoms with Crippen molar-refractivity contribution in [3.63, 3.8) is 0 Å². The number of ether oxygens (including phenoxy) is 1. The summed E-state index contributed by atoms with van der Waals surface area (Å²) < 4.78 is 7.27. The van der Waals surface area contributed by atoms with Gasteiger partial charge in [-0.25, -0.2) is 4.98 Å². The van der Waals surface area contributed by atoms with Crippen LogP contribution >= 0.6 is 23.1 Å². The fourth-order valence-corrected chi connectivity index (χ4v) is 7.28. The number of benzene rings is 3. The molecule has 0 aliphatic carbocycles. The second-order valence-electron chi connectivity index (χ2n) is 9.67. The average molecular weight is 568 g/mol. The molecule has 8 heteroatoms. The highest BCUT2D eigenvalue weighted by atomic mass is 32.2. The van der Waals surface area contributed by atoms with Crippen molar-refractivity contribution in [2.75, 3.05) is 18.9 Å². The maximum absolute atomic E-state index is 14.2. The van der Waals surface area contributed by atoms with Gasteiger partial charge in [0.05, 0.1) is 23.4 Å². The number of hydrogen-bond acceptors (Lipinski definition) is 7. The lowest BCUT2D eigenvalue weighted by molar-refractivity contribution is 0.102. The summed E-state index contributed by atoms with van der Waals surface area (Å²) in [5.74, 6) is 0.933. The number of thioether (sulfide) groups is 1. The minimum Gasteiger partial charge on any atom is -0.494 e. The molecule has 6 nitrogen and oxygen atoms in total. The van der Waals surface area contributed by atoms with E-state index in [9.17, 15) is 9.59 Å². The molecule has 40 heavy (non-hydrogen) atoms. The van der Waals surface area contributed by atoms with Crippen LogP contribution in [-0.4, -0.2) is 39.1 Å². The molecule has 0 bridgehead atoms. The minimum atomic E-state index is -0.0853. The zero-order chi connectivity index (χ0) is 27.5. The summed E-state index contributed by atoms with van der Waals surface area (Å²) in [6.07, 6.45) is 0.807. The summed E-state index contributed by atoms with van der Waals surface area (Å²) in [7, 11) is 0. The minimum absolute atomic E-state index is 0.000201. The molecule has 0 N–H and O–H groups in total. The Labute approximate surface area is 241 Å². The number of aromatic nitrogens is 2. The number of ketones is 1. The number of carbonyl (C=O) groups is 1. The lowest BCUT2D eigenvalue weighted by Gasteiger charge is -2.26. The van der Waals surface area contributed by atoms with Gasteiger partial charge in [0.1, 0.15) is 10.6 Å². The van der Waals surface area contributed by atoms with Gasteiger partial charge in [-0.15, -0.1) is 11.3 Å². The first-order valence-electron chi connectivity index (χ1n) is 13.4. The number of carbonyl (C=O) groups excluding carboxylic acids is 1. The van der Waals surface area contributed by atoms with E-state index in [2.05, 4.69) is 29.2 Å². The number of thiophene rings is 1. The number of hydrogen-bond donors (Lipinski definition) is 0. The normalized spacial score (nSPS) is 13.3. The monoisotopic (exact) mass is 567 g/mol. The maximum Gasteiger partial charge on any atom is 0.267 e. The van der Waals surface area contributed by atoms with E-state index in [0.717, 1.165) is 42.2 Å². The number of rotatable bonds is 9. The van der Waals surface area contributed by atoms with Crippen molar-refractivity contribution in [1.82, 2.24) is 14.5 Å². The largest absolute Gasteiger partial charge is 0.494 e. The molecule has 0 unspecified atom stereocenters. The van der Waals surface area contributed by atoms with Gasteiger partial charge in [0, 0.05) is 30.1 Å². The number of fused-ring (bicyclic) bond motifs is 3. The summed E-state index contributed by atoms with van der Waals surface area (Å²) in [4.78, 5) is 36.4.